The second kappa shape index (κ2) is 7.58. The molecule has 9 heteroatoms. The minimum atomic E-state index is -0.157. The summed E-state index contributed by atoms with van der Waals surface area (Å²) in [6.07, 6.45) is 2.25. The number of halogens is 1. The van der Waals surface area contributed by atoms with Crippen LogP contribution >= 0.6 is 23.4 Å². The highest BCUT2D eigenvalue weighted by Crippen LogP contribution is 2.24. The number of furan rings is 1. The Morgan fingerprint density at radius 3 is 2.81 bits per heavy atom. The lowest BCUT2D eigenvalue weighted by Crippen LogP contribution is -2.23. The van der Waals surface area contributed by atoms with Gasteiger partial charge in [-0.05, 0) is 30.3 Å². The number of hydrogen-bond acceptors (Lipinski definition) is 7. The van der Waals surface area contributed by atoms with E-state index in [-0.39, 0.29) is 12.1 Å². The highest BCUT2D eigenvalue weighted by Gasteiger charge is 2.15. The Morgan fingerprint density at radius 2 is 2.07 bits per heavy atom. The van der Waals surface area contributed by atoms with Crippen molar-refractivity contribution in [3.63, 3.8) is 0 Å². The second-order valence-corrected chi connectivity index (χ2v) is 7.14. The van der Waals surface area contributed by atoms with Crippen LogP contribution in [0.2, 0.25) is 5.02 Å². The van der Waals surface area contributed by atoms with Gasteiger partial charge < -0.3 is 8.83 Å². The van der Waals surface area contributed by atoms with Crippen molar-refractivity contribution in [2.45, 2.75) is 30.8 Å². The van der Waals surface area contributed by atoms with Crippen LogP contribution in [-0.2, 0) is 18.7 Å². The van der Waals surface area contributed by atoms with Crippen molar-refractivity contribution in [3.05, 3.63) is 69.5 Å². The molecule has 4 aromatic rings. The van der Waals surface area contributed by atoms with Gasteiger partial charge in [0.25, 0.3) is 5.56 Å². The van der Waals surface area contributed by atoms with Crippen LogP contribution in [0.4, 0.5) is 0 Å². The second-order valence-electron chi connectivity index (χ2n) is 5.76. The van der Waals surface area contributed by atoms with Crippen molar-refractivity contribution >= 4 is 34.3 Å². The molecule has 3 heterocycles. The summed E-state index contributed by atoms with van der Waals surface area (Å²) in [6.45, 7) is 2.23. The monoisotopic (exact) mass is 402 g/mol. The fourth-order valence-corrected chi connectivity index (χ4v) is 3.60. The van der Waals surface area contributed by atoms with Crippen LogP contribution in [0.25, 0.3) is 10.9 Å². The first-order valence-corrected chi connectivity index (χ1v) is 9.67. The van der Waals surface area contributed by atoms with Crippen molar-refractivity contribution in [3.8, 4) is 0 Å². The van der Waals surface area contributed by atoms with Gasteiger partial charge in [0, 0.05) is 11.4 Å². The van der Waals surface area contributed by atoms with Gasteiger partial charge >= 0.3 is 0 Å². The van der Waals surface area contributed by atoms with E-state index in [9.17, 15) is 4.79 Å². The van der Waals surface area contributed by atoms with Gasteiger partial charge in [-0.3, -0.25) is 9.36 Å². The molecule has 4 rings (SSSR count). The summed E-state index contributed by atoms with van der Waals surface area (Å²) in [7, 11) is 0. The normalized spacial score (nSPS) is 11.3. The summed E-state index contributed by atoms with van der Waals surface area (Å²) < 4.78 is 12.5. The Morgan fingerprint density at radius 1 is 1.22 bits per heavy atom. The zero-order valence-electron chi connectivity index (χ0n) is 14.4. The number of fused-ring (bicyclic) bond motifs is 1. The van der Waals surface area contributed by atoms with Gasteiger partial charge in [-0.1, -0.05) is 30.3 Å². The molecule has 0 N–H and O–H groups in total. The van der Waals surface area contributed by atoms with Crippen molar-refractivity contribution < 1.29 is 8.83 Å². The highest BCUT2D eigenvalue weighted by atomic mass is 35.5. The zero-order valence-corrected chi connectivity index (χ0v) is 16.0. The molecule has 0 radical (unpaired) electrons. The lowest BCUT2D eigenvalue weighted by molar-refractivity contribution is 0.468. The van der Waals surface area contributed by atoms with Crippen LogP contribution in [0.15, 0.2) is 55.4 Å². The van der Waals surface area contributed by atoms with Crippen LogP contribution in [0.1, 0.15) is 24.5 Å². The van der Waals surface area contributed by atoms with Crippen LogP contribution in [0.3, 0.4) is 0 Å². The van der Waals surface area contributed by atoms with Crippen molar-refractivity contribution in [1.29, 1.82) is 0 Å². The molecule has 0 spiro atoms. The maximum Gasteiger partial charge on any atom is 0.262 e. The number of benzene rings is 1. The van der Waals surface area contributed by atoms with Crippen LogP contribution < -0.4 is 5.56 Å². The maximum absolute atomic E-state index is 13.0. The van der Waals surface area contributed by atoms with E-state index in [1.165, 1.54) is 11.8 Å². The van der Waals surface area contributed by atoms with E-state index >= 15 is 0 Å². The van der Waals surface area contributed by atoms with Gasteiger partial charge in [0.1, 0.15) is 5.76 Å². The maximum atomic E-state index is 13.0. The summed E-state index contributed by atoms with van der Waals surface area (Å²) in [4.78, 5) is 17.7. The molecule has 0 saturated heterocycles. The molecular formula is C18H15ClN4O3S. The fourth-order valence-electron chi connectivity index (χ4n) is 2.60. The molecule has 0 fully saturated rings. The average molecular weight is 403 g/mol. The van der Waals surface area contributed by atoms with Gasteiger partial charge in [-0.15, -0.1) is 10.2 Å². The molecule has 0 amide bonds. The number of hydrogen-bond donors (Lipinski definition) is 0. The number of thioether (sulfide) groups is 1. The quantitative estimate of drug-likeness (QED) is 0.356. The molecule has 1 aromatic carbocycles. The third-order valence-corrected chi connectivity index (χ3v) is 5.11. The molecule has 3 aromatic heterocycles. The minimum Gasteiger partial charge on any atom is -0.467 e. The summed E-state index contributed by atoms with van der Waals surface area (Å²) in [6, 6.07) is 8.65. The summed E-state index contributed by atoms with van der Waals surface area (Å²) in [5.74, 6) is 2.14. The van der Waals surface area contributed by atoms with E-state index in [2.05, 4.69) is 15.2 Å². The third kappa shape index (κ3) is 3.77. The Labute approximate surface area is 163 Å². The molecule has 0 saturated carbocycles. The fraction of sp³-hybridized carbons (Fsp3) is 0.222. The first kappa shape index (κ1) is 17.8. The lowest BCUT2D eigenvalue weighted by Gasteiger charge is -2.11. The van der Waals surface area contributed by atoms with Crippen LogP contribution in [0.5, 0.6) is 0 Å². The SMILES string of the molecule is CCc1nnc(CSc2nc3cc(Cl)ccc3c(=O)n2Cc2ccco2)o1. The van der Waals surface area contributed by atoms with Gasteiger partial charge in [0.2, 0.25) is 11.8 Å². The highest BCUT2D eigenvalue weighted by molar-refractivity contribution is 7.98. The topological polar surface area (TPSA) is 87.0 Å². The molecule has 0 bridgehead atoms. The van der Waals surface area contributed by atoms with Crippen molar-refractivity contribution in [2.75, 3.05) is 0 Å². The molecule has 27 heavy (non-hydrogen) atoms. The Kier molecular flexibility index (Phi) is 5.00. The molecule has 0 aliphatic heterocycles. The number of nitrogens with zero attached hydrogens (tertiary/aromatic N) is 4. The van der Waals surface area contributed by atoms with E-state index in [0.29, 0.717) is 50.8 Å². The lowest BCUT2D eigenvalue weighted by atomic mass is 10.2. The zero-order chi connectivity index (χ0) is 18.8. The molecule has 138 valence electrons. The van der Waals surface area contributed by atoms with Gasteiger partial charge in [-0.25, -0.2) is 4.98 Å². The summed E-state index contributed by atoms with van der Waals surface area (Å²) in [5, 5.41) is 9.53. The smallest absolute Gasteiger partial charge is 0.262 e. The molecule has 0 unspecified atom stereocenters. The Hall–Kier alpha value is -2.58. The number of aryl methyl sites for hydroxylation is 1. The third-order valence-electron chi connectivity index (χ3n) is 3.91. The molecule has 0 aliphatic rings. The van der Waals surface area contributed by atoms with E-state index in [1.54, 1.807) is 35.1 Å². The van der Waals surface area contributed by atoms with E-state index in [0.717, 1.165) is 0 Å². The standard InChI is InChI=1S/C18H15ClN4O3S/c1-2-15-21-22-16(26-15)10-27-18-20-14-8-11(19)5-6-13(14)17(24)23(18)9-12-4-3-7-25-12/h3-8H,2,9-10H2,1H3. The summed E-state index contributed by atoms with van der Waals surface area (Å²) >= 11 is 7.42. The van der Waals surface area contributed by atoms with Gasteiger partial charge in [0.15, 0.2) is 5.16 Å². The average Bonchev–Trinajstić information content (AvgIpc) is 3.34. The van der Waals surface area contributed by atoms with E-state index in [1.807, 2.05) is 13.0 Å². The predicted molar refractivity (Wildman–Crippen MR) is 102 cm³/mol. The first-order chi connectivity index (χ1) is 13.1. The van der Waals surface area contributed by atoms with Crippen molar-refractivity contribution in [1.82, 2.24) is 19.7 Å². The van der Waals surface area contributed by atoms with E-state index < -0.39 is 0 Å². The van der Waals surface area contributed by atoms with Crippen molar-refractivity contribution in [2.24, 2.45) is 0 Å². The molecule has 7 nitrogen and oxygen atoms in total. The largest absolute Gasteiger partial charge is 0.467 e. The molecular weight excluding hydrogens is 388 g/mol. The Bertz CT molecular complexity index is 1140. The number of aromatic nitrogens is 4. The minimum absolute atomic E-state index is 0.157. The first-order valence-electron chi connectivity index (χ1n) is 8.30. The predicted octanol–water partition coefficient (Wildman–Crippen LogP) is 3.93. The van der Waals surface area contributed by atoms with Crippen LogP contribution in [0, 0.1) is 0 Å². The molecule has 0 aliphatic carbocycles. The van der Waals surface area contributed by atoms with Gasteiger partial charge in [-0.2, -0.15) is 0 Å². The number of rotatable bonds is 6. The Balaban J connectivity index is 1.74. The summed E-state index contributed by atoms with van der Waals surface area (Å²) in [5.41, 5.74) is 0.390. The van der Waals surface area contributed by atoms with Gasteiger partial charge in [0.05, 0.1) is 29.5 Å². The van der Waals surface area contributed by atoms with E-state index in [4.69, 9.17) is 20.4 Å². The van der Waals surface area contributed by atoms with Crippen LogP contribution in [-0.4, -0.2) is 19.7 Å². The molecule has 0 atom stereocenters.